The molecule has 0 N–H and O–H groups in total. The zero-order chi connectivity index (χ0) is 10.0. The predicted molar refractivity (Wildman–Crippen MR) is 58.2 cm³/mol. The largest absolute Gasteiger partial charge is 0.427 e. The molecule has 0 amide bonds. The second-order valence-electron chi connectivity index (χ2n) is 4.36. The summed E-state index contributed by atoms with van der Waals surface area (Å²) in [6.45, 7) is 1.19. The van der Waals surface area contributed by atoms with Crippen molar-refractivity contribution in [1.82, 2.24) is 4.57 Å². The topological polar surface area (TPSA) is 21.7 Å². The molecule has 1 aliphatic carbocycles. The number of hydrogen-bond acceptors (Lipinski definition) is 3. The van der Waals surface area contributed by atoms with Crippen molar-refractivity contribution in [3.8, 4) is 0 Å². The third-order valence-electron chi connectivity index (χ3n) is 3.73. The van der Waals surface area contributed by atoms with Crippen molar-refractivity contribution in [2.75, 3.05) is 20.8 Å². The molecular weight excluding hydrogens is 194 g/mol. The van der Waals surface area contributed by atoms with Crippen LogP contribution in [0.3, 0.4) is 0 Å². The van der Waals surface area contributed by atoms with E-state index >= 15 is 0 Å². The first-order valence-corrected chi connectivity index (χ1v) is 7.66. The Balaban J connectivity index is 2.08. The predicted octanol–water partition coefficient (Wildman–Crippen LogP) is 1.87. The summed E-state index contributed by atoms with van der Waals surface area (Å²) in [5.74, 6) is 0. The van der Waals surface area contributed by atoms with Crippen molar-refractivity contribution >= 4 is 8.72 Å². The lowest BCUT2D eigenvalue weighted by Gasteiger charge is -2.48. The quantitative estimate of drug-likeness (QED) is 0.671. The van der Waals surface area contributed by atoms with Gasteiger partial charge in [0.05, 0.1) is 0 Å². The molecule has 0 bridgehead atoms. The summed E-state index contributed by atoms with van der Waals surface area (Å²) in [7, 11) is 1.69. The summed E-state index contributed by atoms with van der Waals surface area (Å²) in [5, 5.41) is 0. The van der Waals surface area contributed by atoms with Gasteiger partial charge in [0.25, 0.3) is 0 Å². The van der Waals surface area contributed by atoms with E-state index in [9.17, 15) is 0 Å². The van der Waals surface area contributed by atoms with E-state index in [0.717, 1.165) is 12.1 Å². The molecule has 1 heterocycles. The molecule has 0 aromatic rings. The molecule has 2 rings (SSSR count). The third kappa shape index (κ3) is 1.64. The molecule has 3 nitrogen and oxygen atoms in total. The van der Waals surface area contributed by atoms with Crippen LogP contribution in [0.5, 0.6) is 0 Å². The van der Waals surface area contributed by atoms with Crippen LogP contribution in [0, 0.1) is 0 Å². The average molecular weight is 215 g/mol. The van der Waals surface area contributed by atoms with Crippen LogP contribution in [0.1, 0.15) is 32.1 Å². The Morgan fingerprint density at radius 2 is 1.79 bits per heavy atom. The maximum atomic E-state index is 5.74. The minimum absolute atomic E-state index is 0.766. The maximum absolute atomic E-state index is 5.74. The van der Waals surface area contributed by atoms with Gasteiger partial charge < -0.3 is 8.85 Å². The highest BCUT2D eigenvalue weighted by Gasteiger charge is 2.49. The fourth-order valence-electron chi connectivity index (χ4n) is 2.63. The van der Waals surface area contributed by atoms with E-state index in [1.165, 1.54) is 38.6 Å². The fourth-order valence-corrected chi connectivity index (χ4v) is 5.97. The van der Waals surface area contributed by atoms with Gasteiger partial charge in [0.15, 0.2) is 0 Å². The standard InChI is InChI=1S/C10H21NO2Si/c1-12-14(13-2)9-4-3-8-11(14)10-6-5-7-10/h10H,3-9H2,1-2H3. The third-order valence-corrected chi connectivity index (χ3v) is 7.46. The van der Waals surface area contributed by atoms with Gasteiger partial charge in [-0.15, -0.1) is 0 Å². The van der Waals surface area contributed by atoms with Crippen LogP contribution in [-0.2, 0) is 8.85 Å². The van der Waals surface area contributed by atoms with Gasteiger partial charge in [-0.1, -0.05) is 6.42 Å². The van der Waals surface area contributed by atoms with E-state index in [1.54, 1.807) is 0 Å². The molecule has 0 unspecified atom stereocenters. The molecule has 0 atom stereocenters. The minimum Gasteiger partial charge on any atom is -0.386 e. The highest BCUT2D eigenvalue weighted by atomic mass is 28.4. The molecule has 1 saturated heterocycles. The number of hydrogen-bond donors (Lipinski definition) is 0. The fraction of sp³-hybridized carbons (Fsp3) is 1.00. The van der Waals surface area contributed by atoms with Gasteiger partial charge in [-0.05, 0) is 32.2 Å². The molecule has 4 heteroatoms. The summed E-state index contributed by atoms with van der Waals surface area (Å²) in [5.41, 5.74) is 0. The lowest BCUT2D eigenvalue weighted by Crippen LogP contribution is -2.64. The smallest absolute Gasteiger partial charge is 0.386 e. The number of rotatable bonds is 3. The van der Waals surface area contributed by atoms with Crippen molar-refractivity contribution in [3.05, 3.63) is 0 Å². The molecule has 2 fully saturated rings. The number of nitrogens with zero attached hydrogens (tertiary/aromatic N) is 1. The molecule has 0 aromatic carbocycles. The Hall–Kier alpha value is 0.0969. The molecule has 0 radical (unpaired) electrons. The zero-order valence-corrected chi connectivity index (χ0v) is 10.3. The Bertz CT molecular complexity index is 193. The zero-order valence-electron chi connectivity index (χ0n) is 9.29. The van der Waals surface area contributed by atoms with Gasteiger partial charge in [0, 0.05) is 26.3 Å². The molecular formula is C10H21NO2Si. The van der Waals surface area contributed by atoms with Crippen molar-refractivity contribution in [3.63, 3.8) is 0 Å². The average Bonchev–Trinajstić information content (AvgIpc) is 2.17. The Morgan fingerprint density at radius 1 is 1.07 bits per heavy atom. The normalized spacial score (nSPS) is 28.7. The molecule has 14 heavy (non-hydrogen) atoms. The van der Waals surface area contributed by atoms with E-state index in [2.05, 4.69) is 4.57 Å². The molecule has 0 spiro atoms. The lowest BCUT2D eigenvalue weighted by molar-refractivity contribution is 0.0908. The van der Waals surface area contributed by atoms with Gasteiger partial charge in [0.1, 0.15) is 0 Å². The highest BCUT2D eigenvalue weighted by Crippen LogP contribution is 2.35. The Kier molecular flexibility index (Phi) is 3.26. The van der Waals surface area contributed by atoms with Crippen LogP contribution in [0.25, 0.3) is 0 Å². The van der Waals surface area contributed by atoms with Crippen molar-refractivity contribution in [2.45, 2.75) is 44.2 Å². The SMILES string of the molecule is CO[Si]1(OC)CCCCN1C1CCC1. The summed E-state index contributed by atoms with van der Waals surface area (Å²) >= 11 is 0. The van der Waals surface area contributed by atoms with Crippen LogP contribution in [-0.4, -0.2) is 40.1 Å². The molecule has 82 valence electrons. The van der Waals surface area contributed by atoms with Crippen molar-refractivity contribution in [1.29, 1.82) is 0 Å². The molecule has 0 aromatic heterocycles. The monoisotopic (exact) mass is 215 g/mol. The maximum Gasteiger partial charge on any atom is 0.427 e. The van der Waals surface area contributed by atoms with Gasteiger partial charge in [-0.2, -0.15) is 0 Å². The van der Waals surface area contributed by atoms with Gasteiger partial charge in [0.2, 0.25) is 0 Å². The second-order valence-corrected chi connectivity index (χ2v) is 7.67. The molecule has 2 aliphatic rings. The first-order valence-electron chi connectivity index (χ1n) is 5.69. The summed E-state index contributed by atoms with van der Waals surface area (Å²) < 4.78 is 14.0. The first kappa shape index (κ1) is 10.6. The lowest BCUT2D eigenvalue weighted by atomic mass is 9.93. The van der Waals surface area contributed by atoms with E-state index in [0.29, 0.717) is 0 Å². The summed E-state index contributed by atoms with van der Waals surface area (Å²) in [6.07, 6.45) is 6.68. The van der Waals surface area contributed by atoms with Crippen LogP contribution >= 0.6 is 0 Å². The van der Waals surface area contributed by atoms with E-state index in [4.69, 9.17) is 8.85 Å². The van der Waals surface area contributed by atoms with E-state index in [-0.39, 0.29) is 0 Å². The van der Waals surface area contributed by atoms with E-state index in [1.807, 2.05) is 14.2 Å². The van der Waals surface area contributed by atoms with Crippen LogP contribution in [0.2, 0.25) is 6.04 Å². The Labute approximate surface area is 87.7 Å². The van der Waals surface area contributed by atoms with Gasteiger partial charge >= 0.3 is 8.72 Å². The minimum atomic E-state index is -1.96. The van der Waals surface area contributed by atoms with E-state index < -0.39 is 8.72 Å². The summed E-state index contributed by atoms with van der Waals surface area (Å²) in [6, 6.07) is 1.91. The second kappa shape index (κ2) is 4.31. The molecule has 1 saturated carbocycles. The van der Waals surface area contributed by atoms with Gasteiger partial charge in [-0.25, -0.2) is 0 Å². The van der Waals surface area contributed by atoms with Crippen LogP contribution in [0.15, 0.2) is 0 Å². The Morgan fingerprint density at radius 3 is 2.29 bits per heavy atom. The summed E-state index contributed by atoms with van der Waals surface area (Å²) in [4.78, 5) is 0. The van der Waals surface area contributed by atoms with Gasteiger partial charge in [-0.3, -0.25) is 4.57 Å². The van der Waals surface area contributed by atoms with Crippen molar-refractivity contribution < 1.29 is 8.85 Å². The first-order chi connectivity index (χ1) is 6.82. The van der Waals surface area contributed by atoms with Crippen LogP contribution in [0.4, 0.5) is 0 Å². The van der Waals surface area contributed by atoms with Crippen LogP contribution < -0.4 is 0 Å². The van der Waals surface area contributed by atoms with Crippen molar-refractivity contribution in [2.24, 2.45) is 0 Å². The molecule has 1 aliphatic heterocycles. The highest BCUT2D eigenvalue weighted by molar-refractivity contribution is 6.64.